The van der Waals surface area contributed by atoms with E-state index in [0.29, 0.717) is 6.54 Å². The van der Waals surface area contributed by atoms with Gasteiger partial charge in [0.25, 0.3) is 0 Å². The lowest BCUT2D eigenvalue weighted by Crippen LogP contribution is -2.45. The summed E-state index contributed by atoms with van der Waals surface area (Å²) < 4.78 is 5.62. The second kappa shape index (κ2) is 7.62. The predicted octanol–water partition coefficient (Wildman–Crippen LogP) is 1.72. The van der Waals surface area contributed by atoms with Crippen LogP contribution >= 0.6 is 0 Å². The highest BCUT2D eigenvalue weighted by molar-refractivity contribution is 5.36. The van der Waals surface area contributed by atoms with Crippen LogP contribution in [0, 0.1) is 6.92 Å². The number of benzene rings is 1. The van der Waals surface area contributed by atoms with Crippen LogP contribution in [0.4, 0.5) is 0 Å². The molecule has 0 spiro atoms. The SMILES string of the molecule is CCCOc1ccc(C(O)CN2CCNCC2)c(C)c1. The number of ether oxygens (including phenoxy) is 1. The first-order valence-electron chi connectivity index (χ1n) is 7.55. The van der Waals surface area contributed by atoms with Crippen LogP contribution < -0.4 is 10.1 Å². The molecule has 2 rings (SSSR count). The molecule has 1 aliphatic heterocycles. The van der Waals surface area contributed by atoms with Crippen LogP contribution in [-0.2, 0) is 0 Å². The van der Waals surface area contributed by atoms with Gasteiger partial charge >= 0.3 is 0 Å². The monoisotopic (exact) mass is 278 g/mol. The fourth-order valence-electron chi connectivity index (χ4n) is 2.57. The number of piperazine rings is 1. The molecule has 1 heterocycles. The van der Waals surface area contributed by atoms with Crippen molar-refractivity contribution in [2.75, 3.05) is 39.3 Å². The summed E-state index contributed by atoms with van der Waals surface area (Å²) in [6.45, 7) is 9.61. The minimum Gasteiger partial charge on any atom is -0.494 e. The first-order chi connectivity index (χ1) is 9.70. The molecule has 1 aromatic rings. The normalized spacial score (nSPS) is 17.9. The molecule has 0 radical (unpaired) electrons. The minimum atomic E-state index is -0.423. The molecule has 1 fully saturated rings. The van der Waals surface area contributed by atoms with E-state index in [9.17, 15) is 5.11 Å². The highest BCUT2D eigenvalue weighted by Crippen LogP contribution is 2.23. The first kappa shape index (κ1) is 15.3. The fourth-order valence-corrected chi connectivity index (χ4v) is 2.57. The van der Waals surface area contributed by atoms with Crippen LogP contribution in [0.2, 0.25) is 0 Å². The van der Waals surface area contributed by atoms with Gasteiger partial charge in [0.1, 0.15) is 5.75 Å². The van der Waals surface area contributed by atoms with Crippen LogP contribution in [0.25, 0.3) is 0 Å². The van der Waals surface area contributed by atoms with Gasteiger partial charge in [0.15, 0.2) is 0 Å². The average Bonchev–Trinajstić information content (AvgIpc) is 2.46. The smallest absolute Gasteiger partial charge is 0.119 e. The van der Waals surface area contributed by atoms with Gasteiger partial charge in [-0.3, -0.25) is 4.90 Å². The van der Waals surface area contributed by atoms with Crippen molar-refractivity contribution in [3.05, 3.63) is 29.3 Å². The van der Waals surface area contributed by atoms with E-state index < -0.39 is 6.10 Å². The van der Waals surface area contributed by atoms with E-state index in [1.54, 1.807) is 0 Å². The van der Waals surface area contributed by atoms with E-state index in [0.717, 1.165) is 56.1 Å². The number of aryl methyl sites for hydroxylation is 1. The summed E-state index contributed by atoms with van der Waals surface area (Å²) in [5.74, 6) is 0.891. The summed E-state index contributed by atoms with van der Waals surface area (Å²) in [4.78, 5) is 2.31. The number of hydrogen-bond donors (Lipinski definition) is 2. The highest BCUT2D eigenvalue weighted by atomic mass is 16.5. The first-order valence-corrected chi connectivity index (χ1v) is 7.55. The Morgan fingerprint density at radius 1 is 1.35 bits per heavy atom. The topological polar surface area (TPSA) is 44.7 Å². The van der Waals surface area contributed by atoms with E-state index in [-0.39, 0.29) is 0 Å². The number of nitrogens with zero attached hydrogens (tertiary/aromatic N) is 1. The summed E-state index contributed by atoms with van der Waals surface area (Å²) in [5.41, 5.74) is 2.11. The van der Waals surface area contributed by atoms with Crippen LogP contribution in [0.5, 0.6) is 5.75 Å². The summed E-state index contributed by atoms with van der Waals surface area (Å²) in [5, 5.41) is 13.7. The van der Waals surface area contributed by atoms with Crippen molar-refractivity contribution < 1.29 is 9.84 Å². The minimum absolute atomic E-state index is 0.423. The second-order valence-electron chi connectivity index (χ2n) is 5.43. The van der Waals surface area contributed by atoms with Gasteiger partial charge in [-0.25, -0.2) is 0 Å². The number of aliphatic hydroxyl groups is 1. The zero-order valence-electron chi connectivity index (χ0n) is 12.6. The van der Waals surface area contributed by atoms with Crippen molar-refractivity contribution >= 4 is 0 Å². The van der Waals surface area contributed by atoms with Gasteiger partial charge in [-0.05, 0) is 36.6 Å². The molecule has 20 heavy (non-hydrogen) atoms. The standard InChI is InChI=1S/C16H26N2O2/c1-3-10-20-14-4-5-15(13(2)11-14)16(19)12-18-8-6-17-7-9-18/h4-5,11,16-17,19H,3,6-10,12H2,1-2H3. The average molecular weight is 278 g/mol. The lowest BCUT2D eigenvalue weighted by atomic mass is 10.0. The Labute approximate surface area is 121 Å². The van der Waals surface area contributed by atoms with Gasteiger partial charge in [0.05, 0.1) is 12.7 Å². The number of aliphatic hydroxyl groups excluding tert-OH is 1. The van der Waals surface area contributed by atoms with Crippen LogP contribution in [-0.4, -0.2) is 49.3 Å². The lowest BCUT2D eigenvalue weighted by molar-refractivity contribution is 0.105. The molecular formula is C16H26N2O2. The Morgan fingerprint density at radius 2 is 2.10 bits per heavy atom. The third-order valence-corrected chi connectivity index (χ3v) is 3.71. The Bertz CT molecular complexity index is 417. The summed E-state index contributed by atoms with van der Waals surface area (Å²) in [7, 11) is 0. The lowest BCUT2D eigenvalue weighted by Gasteiger charge is -2.29. The van der Waals surface area contributed by atoms with E-state index in [1.165, 1.54) is 0 Å². The number of nitrogens with one attached hydrogen (secondary N) is 1. The number of rotatable bonds is 6. The third kappa shape index (κ3) is 4.20. The molecule has 0 aliphatic carbocycles. The van der Waals surface area contributed by atoms with Crippen LogP contribution in [0.3, 0.4) is 0 Å². The second-order valence-corrected chi connectivity index (χ2v) is 5.43. The molecule has 4 nitrogen and oxygen atoms in total. The van der Waals surface area contributed by atoms with Crippen LogP contribution in [0.1, 0.15) is 30.6 Å². The van der Waals surface area contributed by atoms with Gasteiger partial charge in [-0.15, -0.1) is 0 Å². The van der Waals surface area contributed by atoms with Crippen molar-refractivity contribution in [1.29, 1.82) is 0 Å². The zero-order chi connectivity index (χ0) is 14.4. The molecule has 1 aromatic carbocycles. The fraction of sp³-hybridized carbons (Fsp3) is 0.625. The Kier molecular flexibility index (Phi) is 5.83. The number of hydrogen-bond acceptors (Lipinski definition) is 4. The van der Waals surface area contributed by atoms with E-state index >= 15 is 0 Å². The summed E-state index contributed by atoms with van der Waals surface area (Å²) in [6, 6.07) is 5.97. The molecule has 0 saturated carbocycles. The summed E-state index contributed by atoms with van der Waals surface area (Å²) >= 11 is 0. The highest BCUT2D eigenvalue weighted by Gasteiger charge is 2.17. The Morgan fingerprint density at radius 3 is 2.75 bits per heavy atom. The van der Waals surface area contributed by atoms with Crippen LogP contribution in [0.15, 0.2) is 18.2 Å². The van der Waals surface area contributed by atoms with Crippen molar-refractivity contribution in [1.82, 2.24) is 10.2 Å². The molecule has 0 amide bonds. The molecule has 1 saturated heterocycles. The molecule has 0 bridgehead atoms. The Hall–Kier alpha value is -1.10. The van der Waals surface area contributed by atoms with Crippen molar-refractivity contribution in [3.63, 3.8) is 0 Å². The van der Waals surface area contributed by atoms with Gasteiger partial charge in [0, 0.05) is 32.7 Å². The molecule has 112 valence electrons. The van der Waals surface area contributed by atoms with Gasteiger partial charge in [-0.1, -0.05) is 13.0 Å². The van der Waals surface area contributed by atoms with E-state index in [4.69, 9.17) is 4.74 Å². The maximum absolute atomic E-state index is 10.4. The molecule has 4 heteroatoms. The molecule has 2 N–H and O–H groups in total. The third-order valence-electron chi connectivity index (χ3n) is 3.71. The maximum Gasteiger partial charge on any atom is 0.119 e. The Balaban J connectivity index is 1.96. The molecular weight excluding hydrogens is 252 g/mol. The maximum atomic E-state index is 10.4. The predicted molar refractivity (Wildman–Crippen MR) is 81.2 cm³/mol. The van der Waals surface area contributed by atoms with E-state index in [2.05, 4.69) is 17.1 Å². The largest absolute Gasteiger partial charge is 0.494 e. The molecule has 1 unspecified atom stereocenters. The van der Waals surface area contributed by atoms with Gasteiger partial charge < -0.3 is 15.2 Å². The number of β-amino-alcohol motifs (C(OH)–C–C–N with tert-alkyl or cyclic N) is 1. The van der Waals surface area contributed by atoms with Crippen molar-refractivity contribution in [3.8, 4) is 5.75 Å². The summed E-state index contributed by atoms with van der Waals surface area (Å²) in [6.07, 6.45) is 0.584. The molecule has 0 aromatic heterocycles. The quantitative estimate of drug-likeness (QED) is 0.832. The zero-order valence-corrected chi connectivity index (χ0v) is 12.6. The van der Waals surface area contributed by atoms with Gasteiger partial charge in [-0.2, -0.15) is 0 Å². The molecule has 1 aliphatic rings. The van der Waals surface area contributed by atoms with E-state index in [1.807, 2.05) is 25.1 Å². The molecule has 1 atom stereocenters. The van der Waals surface area contributed by atoms with Gasteiger partial charge in [0.2, 0.25) is 0 Å². The van der Waals surface area contributed by atoms with Crippen molar-refractivity contribution in [2.45, 2.75) is 26.4 Å². The van der Waals surface area contributed by atoms with Crippen molar-refractivity contribution in [2.24, 2.45) is 0 Å².